The number of hydrogen-bond acceptors (Lipinski definition) is 23. The first-order valence-corrected chi connectivity index (χ1v) is 17.5. The molecule has 4 aliphatic heterocycles. The van der Waals surface area contributed by atoms with Crippen LogP contribution in [0, 0.1) is 0 Å². The molecule has 16 N–H and O–H groups in total. The lowest BCUT2D eigenvalue weighted by atomic mass is 9.86. The van der Waals surface area contributed by atoms with Crippen molar-refractivity contribution in [2.24, 2.45) is 0 Å². The highest BCUT2D eigenvalue weighted by Gasteiger charge is 2.54. The fourth-order valence-corrected chi connectivity index (χ4v) is 7.24. The summed E-state index contributed by atoms with van der Waals surface area (Å²) in [5.74, 6) is 0. The van der Waals surface area contributed by atoms with Gasteiger partial charge in [-0.25, -0.2) is 0 Å². The van der Waals surface area contributed by atoms with E-state index in [9.17, 15) is 76.6 Å². The Hall–Kier alpha value is -1.18. The van der Waals surface area contributed by atoms with Crippen LogP contribution in [-0.4, -0.2) is 244 Å². The predicted octanol–water partition coefficient (Wildman–Crippen LogP) is -9.71. The summed E-state index contributed by atoms with van der Waals surface area (Å²) >= 11 is 0. The Labute approximate surface area is 307 Å². The summed E-state index contributed by atoms with van der Waals surface area (Å²) < 4.78 is 38.6. The summed E-state index contributed by atoms with van der Waals surface area (Å²) in [6.45, 7) is 0.468. The minimum Gasteiger partial charge on any atom is -0.394 e. The molecular weight excluding hydrogens is 738 g/mol. The van der Waals surface area contributed by atoms with Gasteiger partial charge in [0.15, 0.2) is 25.2 Å². The second kappa shape index (κ2) is 18.2. The Kier molecular flexibility index (Phi) is 14.8. The van der Waals surface area contributed by atoms with Crippen LogP contribution in [0.25, 0.3) is 0 Å². The van der Waals surface area contributed by atoms with E-state index in [0.717, 1.165) is 0 Å². The smallest absolute Gasteiger partial charge is 0.187 e. The standard InChI is InChI=1S/C31H53NO22/c1-7-13(32-10-3-9(4-33)25(18(40)15(10)37)52-30-23(45)17(39)14(36)8(2)49-30)16(38)22(44)29(48-7)53-27-12(6-35)51-31(24(46)20(27)42)54-26-11(5-34)50-28(47)21(43)19(26)41/h3,7-8,10-47H,4-6H2,1-2H3/t7-,8+,10-,11+,12+,13-,14+,15+,16+,17-,18-,19-,20-,21-,22-,23+,24-,25+,26-,27-,28-,29+,30-,31+/m1/s1. The van der Waals surface area contributed by atoms with Crippen LogP contribution < -0.4 is 5.32 Å². The van der Waals surface area contributed by atoms with Gasteiger partial charge in [0.05, 0.1) is 44.1 Å². The molecular formula is C31H53NO22. The molecule has 0 bridgehead atoms. The molecule has 23 heteroatoms. The molecule has 0 aromatic carbocycles. The van der Waals surface area contributed by atoms with E-state index in [4.69, 9.17) is 33.2 Å². The average Bonchev–Trinajstić information content (AvgIpc) is 3.15. The maximum absolute atomic E-state index is 11.2. The summed E-state index contributed by atoms with van der Waals surface area (Å²) in [4.78, 5) is 0. The quantitative estimate of drug-likeness (QED) is 0.0864. The Balaban J connectivity index is 1.22. The van der Waals surface area contributed by atoms with Gasteiger partial charge in [0.25, 0.3) is 0 Å². The molecule has 4 fully saturated rings. The molecule has 0 spiro atoms. The fourth-order valence-electron chi connectivity index (χ4n) is 7.24. The van der Waals surface area contributed by atoms with E-state index in [-0.39, 0.29) is 5.57 Å². The highest BCUT2D eigenvalue weighted by Crippen LogP contribution is 2.34. The summed E-state index contributed by atoms with van der Waals surface area (Å²) in [7, 11) is 0. The van der Waals surface area contributed by atoms with E-state index in [1.807, 2.05) is 0 Å². The lowest BCUT2D eigenvalue weighted by molar-refractivity contribution is -0.373. The van der Waals surface area contributed by atoms with Gasteiger partial charge in [0.2, 0.25) is 0 Å². The minimum atomic E-state index is -1.97. The molecule has 1 aliphatic carbocycles. The van der Waals surface area contributed by atoms with Crippen molar-refractivity contribution in [3.63, 3.8) is 0 Å². The van der Waals surface area contributed by atoms with Crippen LogP contribution in [0.15, 0.2) is 11.6 Å². The van der Waals surface area contributed by atoms with Crippen LogP contribution in [0.4, 0.5) is 0 Å². The van der Waals surface area contributed by atoms with Gasteiger partial charge in [-0.1, -0.05) is 6.08 Å². The second-order valence-electron chi connectivity index (χ2n) is 14.2. The zero-order valence-corrected chi connectivity index (χ0v) is 29.1. The molecule has 0 saturated carbocycles. The Bertz CT molecular complexity index is 1230. The van der Waals surface area contributed by atoms with Crippen molar-refractivity contribution >= 4 is 0 Å². The molecule has 0 unspecified atom stereocenters. The molecule has 54 heavy (non-hydrogen) atoms. The van der Waals surface area contributed by atoms with Crippen molar-refractivity contribution in [2.75, 3.05) is 19.8 Å². The Morgan fingerprint density at radius 1 is 0.519 bits per heavy atom. The number of nitrogens with one attached hydrogen (secondary N) is 1. The van der Waals surface area contributed by atoms with E-state index in [2.05, 4.69) is 5.32 Å². The lowest BCUT2D eigenvalue weighted by Gasteiger charge is -2.49. The summed E-state index contributed by atoms with van der Waals surface area (Å²) in [5.41, 5.74) is 0.00309. The topological polar surface area (TPSA) is 380 Å². The molecule has 0 aromatic heterocycles. The largest absolute Gasteiger partial charge is 0.394 e. The van der Waals surface area contributed by atoms with E-state index >= 15 is 0 Å². The molecule has 0 radical (unpaired) electrons. The molecule has 4 saturated heterocycles. The van der Waals surface area contributed by atoms with Crippen LogP contribution in [0.2, 0.25) is 0 Å². The summed E-state index contributed by atoms with van der Waals surface area (Å²) in [6, 6.07) is -2.40. The molecule has 5 aliphatic rings. The maximum Gasteiger partial charge on any atom is 0.187 e. The maximum atomic E-state index is 11.2. The van der Waals surface area contributed by atoms with Crippen LogP contribution >= 0.6 is 0 Å². The molecule has 23 nitrogen and oxygen atoms in total. The first-order chi connectivity index (χ1) is 25.4. The number of aliphatic hydroxyl groups excluding tert-OH is 15. The van der Waals surface area contributed by atoms with Crippen molar-refractivity contribution in [1.29, 1.82) is 0 Å². The third-order valence-electron chi connectivity index (χ3n) is 10.5. The van der Waals surface area contributed by atoms with Crippen LogP contribution in [-0.2, 0) is 33.2 Å². The molecule has 5 rings (SSSR count). The van der Waals surface area contributed by atoms with Gasteiger partial charge in [0.1, 0.15) is 97.7 Å². The minimum absolute atomic E-state index is 0.00309. The highest BCUT2D eigenvalue weighted by atomic mass is 16.8. The zero-order valence-electron chi connectivity index (χ0n) is 29.1. The monoisotopic (exact) mass is 791 g/mol. The van der Waals surface area contributed by atoms with Crippen molar-refractivity contribution < 1.29 is 110 Å². The third kappa shape index (κ3) is 8.64. The Morgan fingerprint density at radius 3 is 1.61 bits per heavy atom. The van der Waals surface area contributed by atoms with E-state index in [1.165, 1.54) is 19.9 Å². The predicted molar refractivity (Wildman–Crippen MR) is 169 cm³/mol. The SMILES string of the molecule is C[C@@H]1O[C@H](O[C@H]2C(CO)=C[C@@H](N[C@H]3[C@H](O)[C@@H](O)[C@H](O[C@H]4[C@H](O)[C@@H](O)[C@H](O[C@H]5[C@H](O)[C@@H](O)[C@H](O)O[C@H]5CO)O[C@H]4CO)O[C@@H]3C)[C@H](O)[C@H]2O)[C@@H](O)[C@H](O)[C@H]1O. The van der Waals surface area contributed by atoms with Crippen molar-refractivity contribution in [1.82, 2.24) is 5.32 Å². The second-order valence-corrected chi connectivity index (χ2v) is 14.2. The first kappa shape index (κ1) is 43.9. The summed E-state index contributed by atoms with van der Waals surface area (Å²) in [6.07, 6.45) is -34.8. The first-order valence-electron chi connectivity index (χ1n) is 17.5. The molecule has 0 aromatic rings. The van der Waals surface area contributed by atoms with Crippen LogP contribution in [0.3, 0.4) is 0 Å². The van der Waals surface area contributed by atoms with E-state index in [0.29, 0.717) is 0 Å². The zero-order chi connectivity index (χ0) is 39.9. The van der Waals surface area contributed by atoms with Crippen LogP contribution in [0.5, 0.6) is 0 Å². The van der Waals surface area contributed by atoms with Gasteiger partial charge >= 0.3 is 0 Å². The number of aliphatic hydroxyl groups is 15. The van der Waals surface area contributed by atoms with Crippen molar-refractivity contribution in [3.05, 3.63) is 11.6 Å². The van der Waals surface area contributed by atoms with Crippen molar-refractivity contribution in [2.45, 2.75) is 161 Å². The molecule has 24 atom stereocenters. The molecule has 0 amide bonds. The van der Waals surface area contributed by atoms with Gasteiger partial charge in [-0.05, 0) is 19.4 Å². The number of hydrogen-bond donors (Lipinski definition) is 16. The Morgan fingerprint density at radius 2 is 1.02 bits per heavy atom. The molecule has 314 valence electrons. The van der Waals surface area contributed by atoms with E-state index in [1.54, 1.807) is 0 Å². The van der Waals surface area contributed by atoms with Gasteiger partial charge < -0.3 is 115 Å². The van der Waals surface area contributed by atoms with Gasteiger partial charge in [-0.15, -0.1) is 0 Å². The average molecular weight is 792 g/mol. The van der Waals surface area contributed by atoms with Gasteiger partial charge in [-0.2, -0.15) is 0 Å². The van der Waals surface area contributed by atoms with E-state index < -0.39 is 167 Å². The van der Waals surface area contributed by atoms with Crippen molar-refractivity contribution in [3.8, 4) is 0 Å². The normalized spacial score (nSPS) is 53.2. The van der Waals surface area contributed by atoms with Gasteiger partial charge in [0, 0.05) is 0 Å². The highest BCUT2D eigenvalue weighted by molar-refractivity contribution is 5.23. The summed E-state index contributed by atoms with van der Waals surface area (Å²) in [5, 5.41) is 159. The third-order valence-corrected chi connectivity index (χ3v) is 10.5. The van der Waals surface area contributed by atoms with Gasteiger partial charge in [-0.3, -0.25) is 0 Å². The van der Waals surface area contributed by atoms with Crippen LogP contribution in [0.1, 0.15) is 13.8 Å². The number of ether oxygens (including phenoxy) is 7. The fraction of sp³-hybridized carbons (Fsp3) is 0.935. The number of rotatable bonds is 11. The molecule has 4 heterocycles. The lowest BCUT2D eigenvalue weighted by Crippen LogP contribution is -2.68.